The summed E-state index contributed by atoms with van der Waals surface area (Å²) in [6.07, 6.45) is 5.07. The first kappa shape index (κ1) is 11.9. The van der Waals surface area contributed by atoms with Crippen molar-refractivity contribution in [2.24, 2.45) is 4.99 Å². The van der Waals surface area contributed by atoms with Crippen LogP contribution in [0.25, 0.3) is 0 Å². The summed E-state index contributed by atoms with van der Waals surface area (Å²) in [6.45, 7) is 7.72. The molecular weight excluding hydrogens is 192 g/mol. The lowest BCUT2D eigenvalue weighted by Crippen LogP contribution is -2.29. The molecular formula is C11H22N2S. The molecule has 1 rings (SSSR count). The van der Waals surface area contributed by atoms with E-state index in [1.165, 1.54) is 30.9 Å². The van der Waals surface area contributed by atoms with Crippen molar-refractivity contribution >= 4 is 16.9 Å². The van der Waals surface area contributed by atoms with Crippen LogP contribution >= 0.6 is 11.8 Å². The van der Waals surface area contributed by atoms with Gasteiger partial charge in [0, 0.05) is 11.3 Å². The molecule has 2 atom stereocenters. The van der Waals surface area contributed by atoms with Gasteiger partial charge in [-0.25, -0.2) is 0 Å². The van der Waals surface area contributed by atoms with E-state index < -0.39 is 0 Å². The van der Waals surface area contributed by atoms with Crippen molar-refractivity contribution in [2.45, 2.75) is 57.7 Å². The van der Waals surface area contributed by atoms with Gasteiger partial charge in [-0.05, 0) is 19.8 Å². The van der Waals surface area contributed by atoms with Crippen LogP contribution in [-0.2, 0) is 0 Å². The molecule has 0 saturated carbocycles. The monoisotopic (exact) mass is 214 g/mol. The number of nitrogens with zero attached hydrogens (tertiary/aromatic N) is 1. The molecule has 1 aliphatic heterocycles. The summed E-state index contributed by atoms with van der Waals surface area (Å²) in [5.41, 5.74) is 0. The fourth-order valence-electron chi connectivity index (χ4n) is 1.50. The fraction of sp³-hybridized carbons (Fsp3) is 0.909. The van der Waals surface area contributed by atoms with E-state index in [0.29, 0.717) is 6.04 Å². The lowest BCUT2D eigenvalue weighted by molar-refractivity contribution is 0.573. The first-order valence-corrected chi connectivity index (χ1v) is 6.61. The van der Waals surface area contributed by atoms with Gasteiger partial charge in [0.25, 0.3) is 0 Å². The van der Waals surface area contributed by atoms with Crippen LogP contribution in [-0.4, -0.2) is 23.0 Å². The lowest BCUT2D eigenvalue weighted by atomic mass is 10.1. The molecule has 0 aromatic carbocycles. The van der Waals surface area contributed by atoms with E-state index in [9.17, 15) is 0 Å². The zero-order chi connectivity index (χ0) is 10.4. The van der Waals surface area contributed by atoms with Crippen molar-refractivity contribution in [3.05, 3.63) is 0 Å². The highest BCUT2D eigenvalue weighted by molar-refractivity contribution is 8.14. The number of amidine groups is 1. The summed E-state index contributed by atoms with van der Waals surface area (Å²) in [6, 6.07) is 0.580. The molecule has 1 aliphatic rings. The van der Waals surface area contributed by atoms with Crippen molar-refractivity contribution in [2.75, 3.05) is 6.54 Å². The Hall–Kier alpha value is -0.180. The molecule has 0 saturated heterocycles. The third-order valence-corrected chi connectivity index (χ3v) is 3.82. The summed E-state index contributed by atoms with van der Waals surface area (Å²) in [7, 11) is 0. The summed E-state index contributed by atoms with van der Waals surface area (Å²) in [5.74, 6) is 0. The highest BCUT2D eigenvalue weighted by Crippen LogP contribution is 2.22. The van der Waals surface area contributed by atoms with E-state index >= 15 is 0 Å². The van der Waals surface area contributed by atoms with Crippen molar-refractivity contribution in [1.82, 2.24) is 5.32 Å². The number of aliphatic imine (C=N–C) groups is 1. The van der Waals surface area contributed by atoms with Crippen molar-refractivity contribution in [1.29, 1.82) is 0 Å². The van der Waals surface area contributed by atoms with Crippen LogP contribution in [0.4, 0.5) is 0 Å². The molecule has 0 aliphatic carbocycles. The highest BCUT2D eigenvalue weighted by Gasteiger charge is 2.18. The minimum atomic E-state index is 0.580. The van der Waals surface area contributed by atoms with Crippen molar-refractivity contribution in [3.63, 3.8) is 0 Å². The third-order valence-electron chi connectivity index (χ3n) is 2.53. The molecule has 82 valence electrons. The van der Waals surface area contributed by atoms with Gasteiger partial charge in [-0.1, -0.05) is 38.5 Å². The predicted molar refractivity (Wildman–Crippen MR) is 66.1 cm³/mol. The topological polar surface area (TPSA) is 24.4 Å². The molecule has 0 aromatic heterocycles. The van der Waals surface area contributed by atoms with Gasteiger partial charge in [-0.2, -0.15) is 0 Å². The molecule has 0 spiro atoms. The number of unbranched alkanes of at least 4 members (excludes halogenated alkanes) is 1. The Morgan fingerprint density at radius 2 is 2.36 bits per heavy atom. The number of nitrogens with one attached hydrogen (secondary N) is 1. The van der Waals surface area contributed by atoms with Gasteiger partial charge in [0.15, 0.2) is 5.17 Å². The molecule has 14 heavy (non-hydrogen) atoms. The fourth-order valence-corrected chi connectivity index (χ4v) is 2.55. The zero-order valence-corrected chi connectivity index (χ0v) is 10.4. The number of rotatable bonds is 5. The second-order valence-corrected chi connectivity index (χ2v) is 5.27. The first-order chi connectivity index (χ1) is 6.76. The number of hydrogen-bond donors (Lipinski definition) is 1. The summed E-state index contributed by atoms with van der Waals surface area (Å²) in [4.78, 5) is 4.50. The van der Waals surface area contributed by atoms with Crippen molar-refractivity contribution < 1.29 is 0 Å². The molecule has 0 fully saturated rings. The molecule has 0 bridgehead atoms. The van der Waals surface area contributed by atoms with Crippen LogP contribution < -0.4 is 5.32 Å². The molecule has 1 heterocycles. The Morgan fingerprint density at radius 3 is 2.93 bits per heavy atom. The van der Waals surface area contributed by atoms with Crippen molar-refractivity contribution in [3.8, 4) is 0 Å². The highest BCUT2D eigenvalue weighted by atomic mass is 32.2. The van der Waals surface area contributed by atoms with Gasteiger partial charge in [0.1, 0.15) is 0 Å². The Balaban J connectivity index is 2.18. The van der Waals surface area contributed by atoms with Crippen LogP contribution in [0.15, 0.2) is 4.99 Å². The third kappa shape index (κ3) is 3.91. The van der Waals surface area contributed by atoms with Crippen LogP contribution in [0.2, 0.25) is 0 Å². The Morgan fingerprint density at radius 1 is 1.57 bits per heavy atom. The molecule has 3 heteroatoms. The van der Waals surface area contributed by atoms with E-state index in [2.05, 4.69) is 31.1 Å². The average Bonchev–Trinajstić information content (AvgIpc) is 2.62. The number of thioether (sulfide) groups is 1. The Bertz CT molecular complexity index is 192. The minimum absolute atomic E-state index is 0.580. The molecule has 0 aromatic rings. The maximum atomic E-state index is 4.50. The molecule has 0 radical (unpaired) electrons. The van der Waals surface area contributed by atoms with Crippen LogP contribution in [0, 0.1) is 0 Å². The van der Waals surface area contributed by atoms with Crippen LogP contribution in [0.3, 0.4) is 0 Å². The van der Waals surface area contributed by atoms with E-state index in [0.717, 1.165) is 11.8 Å². The number of hydrogen-bond acceptors (Lipinski definition) is 3. The van der Waals surface area contributed by atoms with E-state index in [1.807, 2.05) is 11.8 Å². The molecule has 2 nitrogen and oxygen atoms in total. The van der Waals surface area contributed by atoms with Crippen LogP contribution in [0.5, 0.6) is 0 Å². The maximum Gasteiger partial charge on any atom is 0.157 e. The predicted octanol–water partition coefficient (Wildman–Crippen LogP) is 3.04. The molecule has 2 unspecified atom stereocenters. The van der Waals surface area contributed by atoms with Crippen LogP contribution in [0.1, 0.15) is 46.5 Å². The molecule has 1 N–H and O–H groups in total. The normalized spacial score (nSPS) is 23.4. The smallest absolute Gasteiger partial charge is 0.157 e. The standard InChI is InChI=1S/C11H22N2S/c1-4-6-7-9(3)13-11-12-8-10(5-2)14-11/h9-10H,4-8H2,1-3H3,(H,12,13). The van der Waals surface area contributed by atoms with Gasteiger partial charge >= 0.3 is 0 Å². The summed E-state index contributed by atoms with van der Waals surface area (Å²) < 4.78 is 0. The Labute approximate surface area is 92.0 Å². The lowest BCUT2D eigenvalue weighted by Gasteiger charge is -2.14. The van der Waals surface area contributed by atoms with Gasteiger partial charge in [-0.3, -0.25) is 4.99 Å². The van der Waals surface area contributed by atoms with Gasteiger partial charge in [0.05, 0.1) is 6.54 Å². The maximum absolute atomic E-state index is 4.50. The second-order valence-electron chi connectivity index (χ2n) is 3.98. The van der Waals surface area contributed by atoms with Gasteiger partial charge in [0.2, 0.25) is 0 Å². The van der Waals surface area contributed by atoms with Gasteiger partial charge in [-0.15, -0.1) is 0 Å². The van der Waals surface area contributed by atoms with E-state index in [4.69, 9.17) is 0 Å². The van der Waals surface area contributed by atoms with E-state index in [-0.39, 0.29) is 0 Å². The molecule has 0 amide bonds. The average molecular weight is 214 g/mol. The van der Waals surface area contributed by atoms with Gasteiger partial charge < -0.3 is 5.32 Å². The van der Waals surface area contributed by atoms with E-state index in [1.54, 1.807) is 0 Å². The Kier molecular flexibility index (Phi) is 5.38. The summed E-state index contributed by atoms with van der Waals surface area (Å²) >= 11 is 1.91. The zero-order valence-electron chi connectivity index (χ0n) is 9.55. The largest absolute Gasteiger partial charge is 0.362 e. The second kappa shape index (κ2) is 6.33. The quantitative estimate of drug-likeness (QED) is 0.760. The SMILES string of the molecule is CCCCC(C)NC1=NCC(CC)S1. The minimum Gasteiger partial charge on any atom is -0.362 e. The summed E-state index contributed by atoms with van der Waals surface area (Å²) in [5, 5.41) is 5.38. The first-order valence-electron chi connectivity index (χ1n) is 5.73.